The van der Waals surface area contributed by atoms with Crippen molar-refractivity contribution in [2.24, 2.45) is 0 Å². The third-order valence-corrected chi connectivity index (χ3v) is 8.29. The zero-order valence-corrected chi connectivity index (χ0v) is 22.2. The molecule has 13 heteroatoms. The van der Waals surface area contributed by atoms with Crippen LogP contribution in [0, 0.1) is 5.82 Å². The topological polar surface area (TPSA) is 84.9 Å². The minimum absolute atomic E-state index is 0.0121. The summed E-state index contributed by atoms with van der Waals surface area (Å²) in [5.74, 6) is -1.06. The first-order valence-electron chi connectivity index (χ1n) is 11.6. The molecule has 1 amide bonds. The van der Waals surface area contributed by atoms with Gasteiger partial charge in [0, 0.05) is 12.7 Å². The smallest absolute Gasteiger partial charge is 0.416 e. The number of nitrogens with zero attached hydrogens (tertiary/aromatic N) is 1. The van der Waals surface area contributed by atoms with Crippen LogP contribution in [-0.2, 0) is 25.7 Å². The van der Waals surface area contributed by atoms with E-state index in [1.807, 2.05) is 0 Å². The fourth-order valence-electron chi connectivity index (χ4n) is 3.97. The lowest BCUT2D eigenvalue weighted by atomic mass is 10.0. The molecule has 1 aliphatic rings. The molecule has 1 aliphatic heterocycles. The van der Waals surface area contributed by atoms with Gasteiger partial charge in [-0.1, -0.05) is 35.9 Å². The summed E-state index contributed by atoms with van der Waals surface area (Å²) in [6, 6.07) is 11.9. The molecule has 7 nitrogen and oxygen atoms in total. The first-order valence-corrected chi connectivity index (χ1v) is 13.4. The van der Waals surface area contributed by atoms with Crippen molar-refractivity contribution in [1.29, 1.82) is 0 Å². The monoisotopic (exact) mass is 586 g/mol. The Hall–Kier alpha value is -3.35. The van der Waals surface area contributed by atoms with Gasteiger partial charge in [0.25, 0.3) is 10.0 Å². The van der Waals surface area contributed by atoms with E-state index in [1.165, 1.54) is 44.4 Å². The second kappa shape index (κ2) is 11.0. The number of anilines is 1. The maximum absolute atomic E-state index is 14.1. The molecular weight excluding hydrogens is 564 g/mol. The number of sulfonamides is 1. The highest BCUT2D eigenvalue weighted by atomic mass is 35.5. The van der Waals surface area contributed by atoms with Crippen LogP contribution < -0.4 is 14.4 Å². The van der Waals surface area contributed by atoms with Crippen molar-refractivity contribution in [2.45, 2.75) is 30.2 Å². The van der Waals surface area contributed by atoms with Crippen molar-refractivity contribution in [3.8, 4) is 16.9 Å². The van der Waals surface area contributed by atoms with Crippen LogP contribution in [0.2, 0.25) is 5.02 Å². The quantitative estimate of drug-likeness (QED) is 0.381. The number of hydrogen-bond donors (Lipinski definition) is 1. The molecular formula is C26H23ClF4N2O5S. The van der Waals surface area contributed by atoms with E-state index in [1.54, 1.807) is 6.07 Å². The summed E-state index contributed by atoms with van der Waals surface area (Å²) in [5.41, 5.74) is -0.488. The fraction of sp³-hybridized carbons (Fsp3) is 0.269. The maximum Gasteiger partial charge on any atom is 0.416 e. The number of methoxy groups -OCH3 is 1. The normalized spacial score (nSPS) is 16.3. The van der Waals surface area contributed by atoms with Gasteiger partial charge >= 0.3 is 6.18 Å². The van der Waals surface area contributed by atoms with E-state index in [0.29, 0.717) is 11.6 Å². The van der Waals surface area contributed by atoms with Gasteiger partial charge in [0.05, 0.1) is 34.3 Å². The second-order valence-corrected chi connectivity index (χ2v) is 10.9. The van der Waals surface area contributed by atoms with E-state index in [-0.39, 0.29) is 35.1 Å². The molecule has 1 unspecified atom stereocenters. The molecule has 0 spiro atoms. The van der Waals surface area contributed by atoms with E-state index in [0.717, 1.165) is 22.5 Å². The van der Waals surface area contributed by atoms with Crippen molar-refractivity contribution < 1.29 is 40.2 Å². The van der Waals surface area contributed by atoms with Crippen LogP contribution in [0.1, 0.15) is 12.5 Å². The van der Waals surface area contributed by atoms with Crippen LogP contribution in [0.25, 0.3) is 11.1 Å². The number of carbonyl (C=O) groups excluding carboxylic acids is 1. The zero-order valence-electron chi connectivity index (χ0n) is 20.6. The molecule has 1 N–H and O–H groups in total. The van der Waals surface area contributed by atoms with Crippen molar-refractivity contribution in [3.63, 3.8) is 0 Å². The summed E-state index contributed by atoms with van der Waals surface area (Å²) in [4.78, 5) is 11.6. The van der Waals surface area contributed by atoms with E-state index in [9.17, 15) is 30.8 Å². The van der Waals surface area contributed by atoms with Gasteiger partial charge in [0.15, 0.2) is 0 Å². The minimum atomic E-state index is -4.76. The van der Waals surface area contributed by atoms with Gasteiger partial charge in [-0.05, 0) is 48.9 Å². The lowest BCUT2D eigenvalue weighted by Gasteiger charge is -2.36. The molecule has 3 aromatic rings. The highest BCUT2D eigenvalue weighted by molar-refractivity contribution is 7.92. The van der Waals surface area contributed by atoms with E-state index in [2.05, 4.69) is 5.32 Å². The molecule has 0 fully saturated rings. The number of carbonyl (C=O) groups is 1. The number of fused-ring (bicyclic) bond motifs is 1. The van der Waals surface area contributed by atoms with E-state index < -0.39 is 50.6 Å². The Morgan fingerprint density at radius 1 is 1.18 bits per heavy atom. The van der Waals surface area contributed by atoms with Crippen LogP contribution in [-0.4, -0.2) is 46.7 Å². The van der Waals surface area contributed by atoms with Crippen molar-refractivity contribution in [3.05, 3.63) is 77.1 Å². The number of benzene rings is 3. The molecule has 0 saturated heterocycles. The Balaban J connectivity index is 1.78. The average molecular weight is 587 g/mol. The lowest BCUT2D eigenvalue weighted by Crippen LogP contribution is -2.49. The molecule has 2 atom stereocenters. The first kappa shape index (κ1) is 28.7. The zero-order chi connectivity index (χ0) is 28.5. The molecule has 4 rings (SSSR count). The summed E-state index contributed by atoms with van der Waals surface area (Å²) >= 11 is 6.13. The van der Waals surface area contributed by atoms with Gasteiger partial charge in [-0.2, -0.15) is 13.2 Å². The van der Waals surface area contributed by atoms with Crippen LogP contribution in [0.3, 0.4) is 0 Å². The van der Waals surface area contributed by atoms with Crippen LogP contribution in [0.15, 0.2) is 65.6 Å². The highest BCUT2D eigenvalue weighted by Gasteiger charge is 2.37. The molecule has 0 aromatic heterocycles. The third kappa shape index (κ3) is 5.97. The summed E-state index contributed by atoms with van der Waals surface area (Å²) in [7, 11) is -3.21. The Morgan fingerprint density at radius 2 is 1.90 bits per heavy atom. The lowest BCUT2D eigenvalue weighted by molar-refractivity contribution is -0.137. The Morgan fingerprint density at radius 3 is 2.59 bits per heavy atom. The SMILES string of the molecule is COC(C)C(=O)NC[C@H]1CN(S(=O)(=O)c2cccc(C(F)(F)F)c2)c2cc(-c3cccc(F)c3Cl)ccc2O1. The van der Waals surface area contributed by atoms with Crippen molar-refractivity contribution in [2.75, 3.05) is 24.5 Å². The number of ether oxygens (including phenoxy) is 2. The van der Waals surface area contributed by atoms with Gasteiger partial charge < -0.3 is 14.8 Å². The molecule has 0 saturated carbocycles. The molecule has 0 bridgehead atoms. The van der Waals surface area contributed by atoms with Crippen molar-refractivity contribution in [1.82, 2.24) is 5.32 Å². The van der Waals surface area contributed by atoms with E-state index in [4.69, 9.17) is 21.1 Å². The van der Waals surface area contributed by atoms with Crippen LogP contribution >= 0.6 is 11.6 Å². The average Bonchev–Trinajstić information content (AvgIpc) is 2.91. The summed E-state index contributed by atoms with van der Waals surface area (Å²) in [5, 5.41) is 2.42. The summed E-state index contributed by atoms with van der Waals surface area (Å²) < 4.78 is 93.5. The number of hydrogen-bond acceptors (Lipinski definition) is 5. The van der Waals surface area contributed by atoms with Crippen molar-refractivity contribution >= 4 is 33.2 Å². The molecule has 3 aromatic carbocycles. The summed E-state index contributed by atoms with van der Waals surface area (Å²) in [6.07, 6.45) is -6.43. The van der Waals surface area contributed by atoms with E-state index >= 15 is 0 Å². The van der Waals surface area contributed by atoms with Gasteiger partial charge in [-0.25, -0.2) is 12.8 Å². The Labute approximate surface area is 227 Å². The van der Waals surface area contributed by atoms with Gasteiger partial charge in [0.1, 0.15) is 23.8 Å². The highest BCUT2D eigenvalue weighted by Crippen LogP contribution is 2.42. The number of rotatable bonds is 7. The second-order valence-electron chi connectivity index (χ2n) is 8.71. The van der Waals surface area contributed by atoms with Crippen LogP contribution in [0.5, 0.6) is 5.75 Å². The molecule has 1 heterocycles. The molecule has 0 radical (unpaired) electrons. The standard InChI is InChI=1S/C26H23ClF4N2O5S/c1-15(37-2)25(34)32-13-18-14-33(39(35,36)19-6-3-5-17(12-19)26(29,30)31)22-11-16(9-10-23(22)38-18)20-7-4-8-21(28)24(20)27/h3-12,15,18H,13-14H2,1-2H3,(H,32,34)/t15?,18-/m0/s1. The Kier molecular flexibility index (Phi) is 8.10. The predicted molar refractivity (Wildman–Crippen MR) is 137 cm³/mol. The fourth-order valence-corrected chi connectivity index (χ4v) is 5.75. The number of nitrogens with one attached hydrogen (secondary N) is 1. The first-order chi connectivity index (χ1) is 18.3. The predicted octanol–water partition coefficient (Wildman–Crippen LogP) is 5.27. The number of amides is 1. The minimum Gasteiger partial charge on any atom is -0.484 e. The molecule has 39 heavy (non-hydrogen) atoms. The maximum atomic E-state index is 14.1. The summed E-state index contributed by atoms with van der Waals surface area (Å²) in [6.45, 7) is 1.07. The van der Waals surface area contributed by atoms with Gasteiger partial charge in [0.2, 0.25) is 5.91 Å². The van der Waals surface area contributed by atoms with Crippen LogP contribution in [0.4, 0.5) is 23.2 Å². The van der Waals surface area contributed by atoms with Gasteiger partial charge in [-0.15, -0.1) is 0 Å². The molecule has 208 valence electrons. The van der Waals surface area contributed by atoms with Gasteiger partial charge in [-0.3, -0.25) is 9.10 Å². The largest absolute Gasteiger partial charge is 0.484 e. The third-order valence-electron chi connectivity index (χ3n) is 6.13. The number of halogens is 5. The Bertz CT molecular complexity index is 1500. The number of alkyl halides is 3. The molecule has 0 aliphatic carbocycles.